The van der Waals surface area contributed by atoms with Gasteiger partial charge in [0.25, 0.3) is 0 Å². The molecule has 1 atom stereocenters. The van der Waals surface area contributed by atoms with Gasteiger partial charge in [-0.25, -0.2) is 17.4 Å². The molecule has 1 aliphatic heterocycles. The Morgan fingerprint density at radius 2 is 2.19 bits per heavy atom. The lowest BCUT2D eigenvalue weighted by Gasteiger charge is -2.34. The van der Waals surface area contributed by atoms with Crippen LogP contribution < -0.4 is 4.90 Å². The van der Waals surface area contributed by atoms with Crippen LogP contribution in [0.15, 0.2) is 6.33 Å². The number of halogens is 1. The zero-order valence-corrected chi connectivity index (χ0v) is 13.1. The summed E-state index contributed by atoms with van der Waals surface area (Å²) in [5, 5.41) is -0.0124. The maximum absolute atomic E-state index is 11.8. The van der Waals surface area contributed by atoms with Gasteiger partial charge < -0.3 is 9.64 Å². The Kier molecular flexibility index (Phi) is 3.50. The molecule has 114 valence electrons. The van der Waals surface area contributed by atoms with Crippen molar-refractivity contribution < 1.29 is 13.2 Å². The lowest BCUT2D eigenvalue weighted by atomic mass is 10.2. The molecule has 1 unspecified atom stereocenters. The third kappa shape index (κ3) is 2.56. The molecule has 10 heteroatoms. The summed E-state index contributed by atoms with van der Waals surface area (Å²) in [6, 6.07) is 0.0938. The Bertz CT molecular complexity index is 790. The van der Waals surface area contributed by atoms with Crippen LogP contribution >= 0.6 is 11.6 Å². The van der Waals surface area contributed by atoms with Crippen LogP contribution in [0.3, 0.4) is 0 Å². The number of anilines is 1. The quantitative estimate of drug-likeness (QED) is 0.741. The predicted molar refractivity (Wildman–Crippen MR) is 78.2 cm³/mol. The van der Waals surface area contributed by atoms with E-state index in [2.05, 4.69) is 15.0 Å². The van der Waals surface area contributed by atoms with Crippen LogP contribution in [-0.4, -0.2) is 59.4 Å². The molecule has 0 saturated carbocycles. The fourth-order valence-electron chi connectivity index (χ4n) is 2.32. The minimum atomic E-state index is -3.50. The molecule has 3 rings (SSSR count). The molecule has 2 aromatic heterocycles. The highest BCUT2D eigenvalue weighted by atomic mass is 35.5. The van der Waals surface area contributed by atoms with Crippen LogP contribution in [-0.2, 0) is 14.8 Å². The van der Waals surface area contributed by atoms with Gasteiger partial charge in [0.15, 0.2) is 17.0 Å². The number of hydrogen-bond acceptors (Lipinski definition) is 7. The Morgan fingerprint density at radius 1 is 1.43 bits per heavy atom. The maximum atomic E-state index is 11.8. The molecule has 8 nitrogen and oxygen atoms in total. The summed E-state index contributed by atoms with van der Waals surface area (Å²) in [4.78, 5) is 14.4. The number of morpholine rings is 1. The molecular formula is C11H14ClN5O3S. The summed E-state index contributed by atoms with van der Waals surface area (Å²) in [5.41, 5.74) is 0.602. The lowest BCUT2D eigenvalue weighted by molar-refractivity contribution is 0.0986. The van der Waals surface area contributed by atoms with Crippen molar-refractivity contribution >= 4 is 38.6 Å². The van der Waals surface area contributed by atoms with Gasteiger partial charge in [-0.2, -0.15) is 9.97 Å². The predicted octanol–water partition coefficient (Wildman–Crippen LogP) is 0.512. The van der Waals surface area contributed by atoms with Gasteiger partial charge in [-0.1, -0.05) is 0 Å². The van der Waals surface area contributed by atoms with Gasteiger partial charge >= 0.3 is 0 Å². The van der Waals surface area contributed by atoms with Crippen molar-refractivity contribution in [1.29, 1.82) is 0 Å². The molecule has 0 radical (unpaired) electrons. The van der Waals surface area contributed by atoms with Gasteiger partial charge in [-0.3, -0.25) is 0 Å². The zero-order chi connectivity index (χ0) is 15.2. The Morgan fingerprint density at radius 3 is 2.86 bits per heavy atom. The van der Waals surface area contributed by atoms with Gasteiger partial charge in [0, 0.05) is 6.54 Å². The highest BCUT2D eigenvalue weighted by Crippen LogP contribution is 2.27. The maximum Gasteiger partial charge on any atom is 0.238 e. The number of rotatable bonds is 2. The second-order valence-electron chi connectivity index (χ2n) is 4.91. The van der Waals surface area contributed by atoms with E-state index in [1.165, 1.54) is 6.33 Å². The fourth-order valence-corrected chi connectivity index (χ4v) is 3.14. The van der Waals surface area contributed by atoms with Gasteiger partial charge in [0.1, 0.15) is 6.33 Å². The number of aromatic nitrogens is 4. The third-order valence-electron chi connectivity index (χ3n) is 3.32. The van der Waals surface area contributed by atoms with E-state index in [4.69, 9.17) is 16.3 Å². The smallest absolute Gasteiger partial charge is 0.238 e. The first-order valence-corrected chi connectivity index (χ1v) is 8.56. The van der Waals surface area contributed by atoms with E-state index in [0.29, 0.717) is 31.1 Å². The Labute approximate surface area is 126 Å². The average molecular weight is 332 g/mol. The standard InChI is InChI=1S/C11H14ClN5O3S/c1-7-5-20-4-3-16(7)9-8-10(15-11(12)14-9)17(6-13-8)21(2,18)19/h6-7H,3-5H2,1-2H3. The molecule has 0 bridgehead atoms. The first kappa shape index (κ1) is 14.5. The number of ether oxygens (including phenoxy) is 1. The van der Waals surface area contributed by atoms with Crippen LogP contribution in [0.1, 0.15) is 6.92 Å². The topological polar surface area (TPSA) is 90.2 Å². The highest BCUT2D eigenvalue weighted by Gasteiger charge is 2.26. The number of nitrogens with zero attached hydrogens (tertiary/aromatic N) is 5. The van der Waals surface area contributed by atoms with E-state index in [-0.39, 0.29) is 17.0 Å². The molecule has 0 N–H and O–H groups in total. The number of hydrogen-bond donors (Lipinski definition) is 0. The molecule has 0 aliphatic carbocycles. The molecule has 0 aromatic carbocycles. The van der Waals surface area contributed by atoms with Crippen molar-refractivity contribution in [3.8, 4) is 0 Å². The molecule has 1 fully saturated rings. The van der Waals surface area contributed by atoms with Crippen LogP contribution in [0.25, 0.3) is 11.2 Å². The summed E-state index contributed by atoms with van der Waals surface area (Å²) in [6.07, 6.45) is 2.31. The summed E-state index contributed by atoms with van der Waals surface area (Å²) >= 11 is 5.95. The molecular weight excluding hydrogens is 318 g/mol. The van der Waals surface area contributed by atoms with Crippen LogP contribution in [0.4, 0.5) is 5.82 Å². The molecule has 1 aliphatic rings. The van der Waals surface area contributed by atoms with Gasteiger partial charge in [-0.15, -0.1) is 0 Å². The highest BCUT2D eigenvalue weighted by molar-refractivity contribution is 7.89. The Hall–Kier alpha value is -1.45. The molecule has 21 heavy (non-hydrogen) atoms. The van der Waals surface area contributed by atoms with Crippen LogP contribution in [0, 0.1) is 0 Å². The zero-order valence-electron chi connectivity index (χ0n) is 11.5. The van der Waals surface area contributed by atoms with Crippen LogP contribution in [0.5, 0.6) is 0 Å². The fraction of sp³-hybridized carbons (Fsp3) is 0.545. The second-order valence-corrected chi connectivity index (χ2v) is 7.11. The molecule has 0 amide bonds. The molecule has 0 spiro atoms. The summed E-state index contributed by atoms with van der Waals surface area (Å²) < 4.78 is 29.9. The first-order valence-electron chi connectivity index (χ1n) is 6.33. The summed E-state index contributed by atoms with van der Waals surface area (Å²) in [5.74, 6) is 0.531. The minimum absolute atomic E-state index is 0.0124. The average Bonchev–Trinajstić information content (AvgIpc) is 2.82. The van der Waals surface area contributed by atoms with Crippen molar-refractivity contribution in [2.75, 3.05) is 30.9 Å². The second kappa shape index (κ2) is 5.08. The van der Waals surface area contributed by atoms with E-state index in [0.717, 1.165) is 10.2 Å². The van der Waals surface area contributed by atoms with E-state index >= 15 is 0 Å². The van der Waals surface area contributed by atoms with Crippen molar-refractivity contribution in [3.05, 3.63) is 11.6 Å². The SMILES string of the molecule is CC1COCCN1c1nc(Cl)nc2c1ncn2S(C)(=O)=O. The molecule has 2 aromatic rings. The third-order valence-corrected chi connectivity index (χ3v) is 4.47. The summed E-state index contributed by atoms with van der Waals surface area (Å²) in [7, 11) is -3.50. The van der Waals surface area contributed by atoms with Crippen LogP contribution in [0.2, 0.25) is 5.28 Å². The van der Waals surface area contributed by atoms with E-state index in [9.17, 15) is 8.42 Å². The van der Waals surface area contributed by atoms with Crippen molar-refractivity contribution in [3.63, 3.8) is 0 Å². The van der Waals surface area contributed by atoms with Crippen molar-refractivity contribution in [2.24, 2.45) is 0 Å². The lowest BCUT2D eigenvalue weighted by Crippen LogP contribution is -2.44. The van der Waals surface area contributed by atoms with E-state index in [1.807, 2.05) is 11.8 Å². The molecule has 1 saturated heterocycles. The van der Waals surface area contributed by atoms with Crippen molar-refractivity contribution in [2.45, 2.75) is 13.0 Å². The largest absolute Gasteiger partial charge is 0.377 e. The monoisotopic (exact) mass is 331 g/mol. The number of imidazole rings is 1. The van der Waals surface area contributed by atoms with E-state index < -0.39 is 10.0 Å². The first-order chi connectivity index (χ1) is 9.88. The minimum Gasteiger partial charge on any atom is -0.377 e. The van der Waals surface area contributed by atoms with Gasteiger partial charge in [0.2, 0.25) is 15.3 Å². The van der Waals surface area contributed by atoms with Crippen molar-refractivity contribution in [1.82, 2.24) is 18.9 Å². The number of fused-ring (bicyclic) bond motifs is 1. The molecule has 3 heterocycles. The van der Waals surface area contributed by atoms with Gasteiger partial charge in [0.05, 0.1) is 25.5 Å². The van der Waals surface area contributed by atoms with Gasteiger partial charge in [-0.05, 0) is 18.5 Å². The van der Waals surface area contributed by atoms with E-state index in [1.54, 1.807) is 0 Å². The normalized spacial score (nSPS) is 20.1. The Balaban J connectivity index is 2.22. The summed E-state index contributed by atoms with van der Waals surface area (Å²) in [6.45, 7) is 3.76.